The second-order valence-electron chi connectivity index (χ2n) is 2.36. The number of nitrogens with zero attached hydrogens (tertiary/aromatic N) is 2. The van der Waals surface area contributed by atoms with E-state index in [9.17, 15) is 22.0 Å². The molecule has 8 heteroatoms. The van der Waals surface area contributed by atoms with Crippen molar-refractivity contribution in [3.63, 3.8) is 0 Å². The van der Waals surface area contributed by atoms with Crippen molar-refractivity contribution in [1.82, 2.24) is 9.97 Å². The standard InChI is InChI=1S/C6H4F5N3/c7-5(8,6(9,10)11)3-4(12)14-2-1-13-3/h1-2H,(H2,12,14). The molecule has 0 amide bonds. The summed E-state index contributed by atoms with van der Waals surface area (Å²) >= 11 is 0. The third-order valence-electron chi connectivity index (χ3n) is 1.38. The van der Waals surface area contributed by atoms with Crippen LogP contribution in [-0.4, -0.2) is 16.1 Å². The Bertz CT molecular complexity index is 334. The van der Waals surface area contributed by atoms with Crippen LogP contribution in [0.2, 0.25) is 0 Å². The number of hydrogen-bond acceptors (Lipinski definition) is 3. The number of alkyl halides is 5. The highest BCUT2D eigenvalue weighted by molar-refractivity contribution is 5.36. The van der Waals surface area contributed by atoms with Crippen LogP contribution < -0.4 is 5.73 Å². The minimum atomic E-state index is -5.73. The van der Waals surface area contributed by atoms with Crippen LogP contribution in [0.3, 0.4) is 0 Å². The van der Waals surface area contributed by atoms with Gasteiger partial charge in [0.15, 0.2) is 11.5 Å². The summed E-state index contributed by atoms with van der Waals surface area (Å²) in [5.74, 6) is -6.01. The molecular weight excluding hydrogens is 209 g/mol. The summed E-state index contributed by atoms with van der Waals surface area (Å²) in [5.41, 5.74) is 3.27. The van der Waals surface area contributed by atoms with Crippen molar-refractivity contribution in [3.05, 3.63) is 18.1 Å². The highest BCUT2D eigenvalue weighted by atomic mass is 19.4. The molecule has 1 heterocycles. The lowest BCUT2D eigenvalue weighted by Crippen LogP contribution is -2.35. The van der Waals surface area contributed by atoms with Gasteiger partial charge in [-0.05, 0) is 0 Å². The fourth-order valence-corrected chi connectivity index (χ4v) is 0.725. The molecule has 0 aliphatic heterocycles. The molecule has 0 aliphatic rings. The van der Waals surface area contributed by atoms with Gasteiger partial charge >= 0.3 is 12.1 Å². The summed E-state index contributed by atoms with van der Waals surface area (Å²) in [6.07, 6.45) is -4.09. The molecule has 0 atom stereocenters. The Morgan fingerprint density at radius 2 is 1.50 bits per heavy atom. The second-order valence-corrected chi connectivity index (χ2v) is 2.36. The number of halogens is 5. The van der Waals surface area contributed by atoms with Crippen molar-refractivity contribution in [1.29, 1.82) is 0 Å². The van der Waals surface area contributed by atoms with Crippen molar-refractivity contribution < 1.29 is 22.0 Å². The number of anilines is 1. The van der Waals surface area contributed by atoms with Gasteiger partial charge in [-0.3, -0.25) is 0 Å². The first-order valence-electron chi connectivity index (χ1n) is 3.28. The molecule has 3 nitrogen and oxygen atoms in total. The van der Waals surface area contributed by atoms with Crippen molar-refractivity contribution in [3.8, 4) is 0 Å². The lowest BCUT2D eigenvalue weighted by Gasteiger charge is -2.19. The van der Waals surface area contributed by atoms with Crippen molar-refractivity contribution >= 4 is 5.82 Å². The van der Waals surface area contributed by atoms with Gasteiger partial charge in [-0.15, -0.1) is 0 Å². The zero-order valence-corrected chi connectivity index (χ0v) is 6.52. The van der Waals surface area contributed by atoms with Gasteiger partial charge in [-0.25, -0.2) is 9.97 Å². The molecule has 78 valence electrons. The van der Waals surface area contributed by atoms with E-state index < -0.39 is 23.6 Å². The SMILES string of the molecule is Nc1nccnc1C(F)(F)C(F)(F)F. The Kier molecular flexibility index (Phi) is 2.30. The van der Waals surface area contributed by atoms with Gasteiger partial charge in [-0.2, -0.15) is 22.0 Å². The molecule has 0 radical (unpaired) electrons. The highest BCUT2D eigenvalue weighted by Gasteiger charge is 2.61. The molecule has 0 aliphatic carbocycles. The lowest BCUT2D eigenvalue weighted by molar-refractivity contribution is -0.290. The van der Waals surface area contributed by atoms with Crippen LogP contribution in [0.25, 0.3) is 0 Å². The number of rotatable bonds is 1. The molecule has 2 N–H and O–H groups in total. The molecule has 0 saturated heterocycles. The quantitative estimate of drug-likeness (QED) is 0.722. The van der Waals surface area contributed by atoms with E-state index in [1.54, 1.807) is 0 Å². The van der Waals surface area contributed by atoms with Gasteiger partial charge in [0.25, 0.3) is 0 Å². The molecular formula is C6H4F5N3. The predicted molar refractivity (Wildman–Crippen MR) is 36.4 cm³/mol. The van der Waals surface area contributed by atoms with E-state index in [0.29, 0.717) is 6.20 Å². The molecule has 14 heavy (non-hydrogen) atoms. The average molecular weight is 213 g/mol. The van der Waals surface area contributed by atoms with Crippen LogP contribution in [0.15, 0.2) is 12.4 Å². The molecule has 0 unspecified atom stereocenters. The van der Waals surface area contributed by atoms with E-state index in [1.165, 1.54) is 0 Å². The summed E-state index contributed by atoms with van der Waals surface area (Å²) < 4.78 is 60.7. The Morgan fingerprint density at radius 1 is 1.00 bits per heavy atom. The summed E-state index contributed by atoms with van der Waals surface area (Å²) in [6.45, 7) is 0. The Labute approximate surface area is 74.8 Å². The molecule has 0 bridgehead atoms. The fraction of sp³-hybridized carbons (Fsp3) is 0.333. The van der Waals surface area contributed by atoms with Crippen LogP contribution >= 0.6 is 0 Å². The zero-order valence-electron chi connectivity index (χ0n) is 6.52. The largest absolute Gasteiger partial charge is 0.459 e. The lowest BCUT2D eigenvalue weighted by atomic mass is 10.2. The van der Waals surface area contributed by atoms with E-state index in [0.717, 1.165) is 6.20 Å². The minimum Gasteiger partial charge on any atom is -0.382 e. The highest BCUT2D eigenvalue weighted by Crippen LogP contribution is 2.44. The van der Waals surface area contributed by atoms with Gasteiger partial charge in [0.2, 0.25) is 0 Å². The maximum Gasteiger partial charge on any atom is 0.459 e. The van der Waals surface area contributed by atoms with Crippen molar-refractivity contribution in [2.24, 2.45) is 0 Å². The smallest absolute Gasteiger partial charge is 0.382 e. The number of aromatic nitrogens is 2. The van der Waals surface area contributed by atoms with Crippen LogP contribution in [0, 0.1) is 0 Å². The second kappa shape index (κ2) is 3.03. The van der Waals surface area contributed by atoms with Crippen molar-refractivity contribution in [2.45, 2.75) is 12.1 Å². The van der Waals surface area contributed by atoms with Crippen LogP contribution in [-0.2, 0) is 5.92 Å². The van der Waals surface area contributed by atoms with E-state index in [-0.39, 0.29) is 0 Å². The van der Waals surface area contributed by atoms with Crippen LogP contribution in [0.1, 0.15) is 5.69 Å². The number of hydrogen-bond donors (Lipinski definition) is 1. The molecule has 0 fully saturated rings. The van der Waals surface area contributed by atoms with Gasteiger partial charge in [0.1, 0.15) is 0 Å². The van der Waals surface area contributed by atoms with E-state index in [2.05, 4.69) is 9.97 Å². The third-order valence-corrected chi connectivity index (χ3v) is 1.38. The van der Waals surface area contributed by atoms with E-state index in [1.807, 2.05) is 0 Å². The topological polar surface area (TPSA) is 51.8 Å². The Hall–Kier alpha value is -1.47. The molecule has 0 saturated carbocycles. The first kappa shape index (κ1) is 10.6. The fourth-order valence-electron chi connectivity index (χ4n) is 0.725. The number of nitrogen functional groups attached to an aromatic ring is 1. The summed E-state index contributed by atoms with van der Waals surface area (Å²) in [7, 11) is 0. The Balaban J connectivity index is 3.23. The minimum absolute atomic E-state index is 0.714. The van der Waals surface area contributed by atoms with Gasteiger partial charge in [0, 0.05) is 12.4 Å². The monoisotopic (exact) mass is 213 g/mol. The van der Waals surface area contributed by atoms with Gasteiger partial charge < -0.3 is 5.73 Å². The average Bonchev–Trinajstić information content (AvgIpc) is 2.02. The van der Waals surface area contributed by atoms with E-state index >= 15 is 0 Å². The van der Waals surface area contributed by atoms with Gasteiger partial charge in [0.05, 0.1) is 0 Å². The summed E-state index contributed by atoms with van der Waals surface area (Å²) in [6, 6.07) is 0. The first-order valence-corrected chi connectivity index (χ1v) is 3.28. The Morgan fingerprint density at radius 3 is 1.93 bits per heavy atom. The van der Waals surface area contributed by atoms with Gasteiger partial charge in [-0.1, -0.05) is 0 Å². The zero-order chi connectivity index (χ0) is 11.0. The molecule has 1 aromatic heterocycles. The molecule has 1 rings (SSSR count). The van der Waals surface area contributed by atoms with Crippen LogP contribution in [0.4, 0.5) is 27.8 Å². The van der Waals surface area contributed by atoms with Crippen molar-refractivity contribution in [2.75, 3.05) is 5.73 Å². The normalized spacial score (nSPS) is 12.9. The summed E-state index contributed by atoms with van der Waals surface area (Å²) in [4.78, 5) is 5.95. The summed E-state index contributed by atoms with van der Waals surface area (Å²) in [5, 5.41) is 0. The van der Waals surface area contributed by atoms with E-state index in [4.69, 9.17) is 5.73 Å². The molecule has 0 aromatic carbocycles. The maximum absolute atomic E-state index is 12.6. The predicted octanol–water partition coefficient (Wildman–Crippen LogP) is 1.71. The molecule has 1 aromatic rings. The van der Waals surface area contributed by atoms with Crippen LogP contribution in [0.5, 0.6) is 0 Å². The first-order chi connectivity index (χ1) is 6.27. The third kappa shape index (κ3) is 1.59. The number of nitrogens with two attached hydrogens (primary N) is 1. The maximum atomic E-state index is 12.6. The molecule has 0 spiro atoms.